The van der Waals surface area contributed by atoms with Gasteiger partial charge >= 0.3 is 5.97 Å². The van der Waals surface area contributed by atoms with Gasteiger partial charge in [0.2, 0.25) is 0 Å². The summed E-state index contributed by atoms with van der Waals surface area (Å²) in [4.78, 5) is 31.7. The zero-order chi connectivity index (χ0) is 15.8. The van der Waals surface area contributed by atoms with E-state index >= 15 is 0 Å². The Kier molecular flexibility index (Phi) is 3.47. The van der Waals surface area contributed by atoms with Crippen LogP contribution in [-0.4, -0.2) is 41.2 Å². The zero-order valence-electron chi connectivity index (χ0n) is 10.3. The number of non-ortho nitro benzene ring substituents is 1. The molecule has 0 unspecified atom stereocenters. The first kappa shape index (κ1) is 14.7. The molecule has 21 heavy (non-hydrogen) atoms. The molecule has 0 bridgehead atoms. The number of benzene rings is 1. The van der Waals surface area contributed by atoms with E-state index < -0.39 is 44.0 Å². The summed E-state index contributed by atoms with van der Waals surface area (Å²) in [6.45, 7) is -0.462. The van der Waals surface area contributed by atoms with E-state index in [2.05, 4.69) is 0 Å². The van der Waals surface area contributed by atoms with Crippen LogP contribution >= 0.6 is 0 Å². The number of carboxylic acids is 1. The Balaban J connectivity index is 2.45. The molecule has 0 fully saturated rings. The van der Waals surface area contributed by atoms with E-state index in [4.69, 9.17) is 5.11 Å². The van der Waals surface area contributed by atoms with Gasteiger partial charge < -0.3 is 5.11 Å². The second-order valence-corrected chi connectivity index (χ2v) is 5.85. The van der Waals surface area contributed by atoms with Crippen LogP contribution in [0, 0.1) is 10.1 Å². The van der Waals surface area contributed by atoms with E-state index in [9.17, 15) is 28.1 Å². The first-order chi connectivity index (χ1) is 9.75. The highest BCUT2D eigenvalue weighted by Gasteiger charge is 2.41. The summed E-state index contributed by atoms with van der Waals surface area (Å²) in [6, 6.07) is 2.90. The van der Waals surface area contributed by atoms with Crippen molar-refractivity contribution in [3.8, 4) is 0 Å². The van der Waals surface area contributed by atoms with E-state index in [0.717, 1.165) is 24.3 Å². The minimum absolute atomic E-state index is 0.177. The predicted octanol–water partition coefficient (Wildman–Crippen LogP) is 0.380. The van der Waals surface area contributed by atoms with Crippen LogP contribution in [0.25, 0.3) is 0 Å². The number of sulfonamides is 1. The highest BCUT2D eigenvalue weighted by molar-refractivity contribution is 7.90. The van der Waals surface area contributed by atoms with Crippen molar-refractivity contribution < 1.29 is 28.0 Å². The average Bonchev–Trinajstić information content (AvgIpc) is 2.59. The van der Waals surface area contributed by atoms with Crippen molar-refractivity contribution in [2.45, 2.75) is 4.90 Å². The fourth-order valence-corrected chi connectivity index (χ4v) is 3.35. The quantitative estimate of drug-likeness (QED) is 0.482. The highest BCUT2D eigenvalue weighted by atomic mass is 32.2. The Bertz CT molecular complexity index is 782. The molecule has 1 heterocycles. The SMILES string of the molecule is O=C(O)C=CCN1C(=O)c2ccc([N+](=O)[O-])cc2S1(=O)=O. The van der Waals surface area contributed by atoms with Crippen LogP contribution in [0.4, 0.5) is 5.69 Å². The second-order valence-electron chi connectivity index (χ2n) is 4.02. The lowest BCUT2D eigenvalue weighted by Gasteiger charge is -2.11. The molecule has 0 saturated heterocycles. The molecule has 0 atom stereocenters. The number of carbonyl (C=O) groups excluding carboxylic acids is 1. The van der Waals surface area contributed by atoms with Gasteiger partial charge in [-0.15, -0.1) is 0 Å². The number of carboxylic acid groups (broad SMARTS) is 1. The largest absolute Gasteiger partial charge is 0.478 e. The summed E-state index contributed by atoms with van der Waals surface area (Å²) >= 11 is 0. The molecule has 0 aromatic heterocycles. The predicted molar refractivity (Wildman–Crippen MR) is 68.1 cm³/mol. The van der Waals surface area contributed by atoms with Gasteiger partial charge in [0.15, 0.2) is 0 Å². The van der Waals surface area contributed by atoms with E-state index in [1.54, 1.807) is 0 Å². The lowest BCUT2D eigenvalue weighted by atomic mass is 10.2. The molecule has 1 aromatic carbocycles. The molecule has 0 aliphatic carbocycles. The first-order valence-corrected chi connectivity index (χ1v) is 6.94. The Morgan fingerprint density at radius 1 is 1.43 bits per heavy atom. The lowest BCUT2D eigenvalue weighted by molar-refractivity contribution is -0.385. The van der Waals surface area contributed by atoms with Crippen LogP contribution in [0.15, 0.2) is 35.2 Å². The molecular weight excluding hydrogens is 304 g/mol. The molecule has 0 spiro atoms. The van der Waals surface area contributed by atoms with Crippen molar-refractivity contribution in [1.29, 1.82) is 0 Å². The van der Waals surface area contributed by atoms with Crippen molar-refractivity contribution in [3.63, 3.8) is 0 Å². The number of rotatable bonds is 4. The lowest BCUT2D eigenvalue weighted by Crippen LogP contribution is -2.30. The molecule has 1 amide bonds. The zero-order valence-corrected chi connectivity index (χ0v) is 11.1. The summed E-state index contributed by atoms with van der Waals surface area (Å²) in [6.07, 6.45) is 1.70. The molecule has 0 radical (unpaired) electrons. The summed E-state index contributed by atoms with van der Waals surface area (Å²) < 4.78 is 24.8. The normalized spacial score (nSPS) is 16.2. The molecule has 10 heteroatoms. The Labute approximate surface area is 118 Å². The van der Waals surface area contributed by atoms with E-state index in [-0.39, 0.29) is 5.56 Å². The van der Waals surface area contributed by atoms with Gasteiger partial charge in [0.05, 0.1) is 17.0 Å². The number of hydrogen-bond acceptors (Lipinski definition) is 6. The molecular formula is C11H8N2O7S. The second kappa shape index (κ2) is 4.98. The highest BCUT2D eigenvalue weighted by Crippen LogP contribution is 2.32. The number of fused-ring (bicyclic) bond motifs is 1. The van der Waals surface area contributed by atoms with E-state index in [0.29, 0.717) is 10.4 Å². The Morgan fingerprint density at radius 3 is 2.67 bits per heavy atom. The van der Waals surface area contributed by atoms with Crippen LogP contribution in [-0.2, 0) is 14.8 Å². The van der Waals surface area contributed by atoms with Gasteiger partial charge in [0.1, 0.15) is 4.90 Å². The average molecular weight is 312 g/mol. The van der Waals surface area contributed by atoms with Gasteiger partial charge in [-0.1, -0.05) is 6.08 Å². The third kappa shape index (κ3) is 2.48. The molecule has 1 aliphatic rings. The number of hydrogen-bond donors (Lipinski definition) is 1. The Hall–Kier alpha value is -2.75. The summed E-state index contributed by atoms with van der Waals surface area (Å²) in [7, 11) is -4.21. The van der Waals surface area contributed by atoms with Gasteiger partial charge in [0.25, 0.3) is 21.6 Å². The molecule has 1 aromatic rings. The molecule has 1 N–H and O–H groups in total. The molecule has 1 aliphatic heterocycles. The van der Waals surface area contributed by atoms with Crippen molar-refractivity contribution in [2.75, 3.05) is 6.54 Å². The van der Waals surface area contributed by atoms with Crippen molar-refractivity contribution in [1.82, 2.24) is 4.31 Å². The van der Waals surface area contributed by atoms with E-state index in [1.165, 1.54) is 0 Å². The molecule has 0 saturated carbocycles. The smallest absolute Gasteiger partial charge is 0.328 e. The molecule has 110 valence electrons. The van der Waals surface area contributed by atoms with Gasteiger partial charge in [-0.2, -0.15) is 0 Å². The van der Waals surface area contributed by atoms with Gasteiger partial charge in [-0.25, -0.2) is 17.5 Å². The number of nitro benzene ring substituents is 1. The van der Waals surface area contributed by atoms with Gasteiger partial charge in [-0.3, -0.25) is 14.9 Å². The van der Waals surface area contributed by atoms with Crippen molar-refractivity contribution >= 4 is 27.6 Å². The fourth-order valence-electron chi connectivity index (χ4n) is 1.81. The maximum Gasteiger partial charge on any atom is 0.328 e. The minimum Gasteiger partial charge on any atom is -0.478 e. The first-order valence-electron chi connectivity index (χ1n) is 5.50. The third-order valence-corrected chi connectivity index (χ3v) is 4.52. The standard InChI is InChI=1S/C11H8N2O7S/c14-10(15)2-1-5-12-11(16)8-4-3-7(13(17)18)6-9(8)21(12,19)20/h1-4,6H,5H2,(H,14,15). The topological polar surface area (TPSA) is 135 Å². The summed E-state index contributed by atoms with van der Waals surface area (Å²) in [5, 5.41) is 19.1. The molecule has 9 nitrogen and oxygen atoms in total. The van der Waals surface area contributed by atoms with Crippen LogP contribution in [0.1, 0.15) is 10.4 Å². The number of nitro groups is 1. The van der Waals surface area contributed by atoms with Crippen LogP contribution < -0.4 is 0 Å². The van der Waals surface area contributed by atoms with Crippen LogP contribution in [0.2, 0.25) is 0 Å². The Morgan fingerprint density at radius 2 is 2.10 bits per heavy atom. The number of amides is 1. The fraction of sp³-hybridized carbons (Fsp3) is 0.0909. The van der Waals surface area contributed by atoms with Gasteiger partial charge in [-0.05, 0) is 6.07 Å². The number of nitrogens with zero attached hydrogens (tertiary/aromatic N) is 2. The van der Waals surface area contributed by atoms with Crippen molar-refractivity contribution in [3.05, 3.63) is 46.0 Å². The number of carbonyl (C=O) groups is 2. The maximum absolute atomic E-state index is 12.1. The van der Waals surface area contributed by atoms with E-state index in [1.807, 2.05) is 0 Å². The van der Waals surface area contributed by atoms with Gasteiger partial charge in [0, 0.05) is 18.2 Å². The monoisotopic (exact) mass is 312 g/mol. The van der Waals surface area contributed by atoms with Crippen LogP contribution in [0.5, 0.6) is 0 Å². The number of aliphatic carboxylic acids is 1. The van der Waals surface area contributed by atoms with Crippen LogP contribution in [0.3, 0.4) is 0 Å². The summed E-state index contributed by atoms with van der Waals surface area (Å²) in [5.74, 6) is -2.14. The summed E-state index contributed by atoms with van der Waals surface area (Å²) in [5.41, 5.74) is -0.627. The third-order valence-electron chi connectivity index (χ3n) is 2.73. The maximum atomic E-state index is 12.1. The molecule has 2 rings (SSSR count). The minimum atomic E-state index is -4.21. The van der Waals surface area contributed by atoms with Crippen molar-refractivity contribution in [2.24, 2.45) is 0 Å².